The number of aromatic amines is 1. The first-order valence-electron chi connectivity index (χ1n) is 15.1. The Labute approximate surface area is 275 Å². The van der Waals surface area contributed by atoms with Crippen LogP contribution < -0.4 is 32.6 Å². The third-order valence-corrected chi connectivity index (χ3v) is 6.23. The maximum absolute atomic E-state index is 12.7. The minimum atomic E-state index is -1.28. The van der Waals surface area contributed by atoms with Crippen molar-refractivity contribution in [2.75, 3.05) is 50.6 Å². The van der Waals surface area contributed by atoms with Crippen LogP contribution in [0.25, 0.3) is 11.2 Å². The second kappa shape index (κ2) is 18.1. The molecule has 0 bridgehead atoms. The van der Waals surface area contributed by atoms with Crippen molar-refractivity contribution in [3.8, 4) is 0 Å². The highest BCUT2D eigenvalue weighted by Crippen LogP contribution is 2.12. The predicted molar refractivity (Wildman–Crippen MR) is 173 cm³/mol. The molecule has 48 heavy (non-hydrogen) atoms. The third-order valence-electron chi connectivity index (χ3n) is 6.23. The molecule has 3 rings (SSSR count). The van der Waals surface area contributed by atoms with E-state index in [2.05, 4.69) is 41.2 Å². The summed E-state index contributed by atoms with van der Waals surface area (Å²) in [7, 11) is 0. The first-order chi connectivity index (χ1) is 22.8. The van der Waals surface area contributed by atoms with Gasteiger partial charge in [-0.15, -0.1) is 0 Å². The van der Waals surface area contributed by atoms with E-state index in [1.54, 1.807) is 32.9 Å². The van der Waals surface area contributed by atoms with E-state index in [9.17, 15) is 29.1 Å². The smallest absolute Gasteiger partial charge is 0.407 e. The molecule has 0 fully saturated rings. The van der Waals surface area contributed by atoms with E-state index in [-0.39, 0.29) is 80.9 Å². The Morgan fingerprint density at radius 3 is 2.29 bits per heavy atom. The van der Waals surface area contributed by atoms with Gasteiger partial charge in [-0.25, -0.2) is 19.6 Å². The monoisotopic (exact) mass is 671 g/mol. The predicted octanol–water partition coefficient (Wildman–Crippen LogP) is 0.545. The molecule has 1 aromatic carbocycles. The largest absolute Gasteiger partial charge is 0.480 e. The van der Waals surface area contributed by atoms with Crippen LogP contribution in [-0.4, -0.2) is 100 Å². The zero-order valence-electron chi connectivity index (χ0n) is 27.0. The molecule has 1 atom stereocenters. The molecule has 0 saturated heterocycles. The summed E-state index contributed by atoms with van der Waals surface area (Å²) in [4.78, 5) is 74.8. The number of H-pyrrole nitrogens is 1. The molecule has 3 amide bonds. The van der Waals surface area contributed by atoms with E-state index < -0.39 is 35.2 Å². The quantitative estimate of drug-likeness (QED) is 0.0911. The fourth-order valence-corrected chi connectivity index (χ4v) is 3.98. The van der Waals surface area contributed by atoms with Gasteiger partial charge < -0.3 is 46.3 Å². The first kappa shape index (κ1) is 37.1. The number of nitrogen functional groups attached to an aromatic ring is 1. The van der Waals surface area contributed by atoms with Crippen LogP contribution >= 0.6 is 0 Å². The van der Waals surface area contributed by atoms with E-state index in [1.165, 1.54) is 18.3 Å². The van der Waals surface area contributed by atoms with Gasteiger partial charge in [-0.05, 0) is 51.5 Å². The molecule has 3 aromatic rings. The molecule has 0 aliphatic carbocycles. The highest BCUT2D eigenvalue weighted by atomic mass is 16.6. The van der Waals surface area contributed by atoms with Gasteiger partial charge >= 0.3 is 12.1 Å². The first-order valence-corrected chi connectivity index (χ1v) is 15.1. The number of alkyl carbamates (subject to hydrolysis) is 1. The average Bonchev–Trinajstić information content (AvgIpc) is 3.02. The number of hydrogen-bond acceptors (Lipinski definition) is 13. The molecule has 260 valence electrons. The van der Waals surface area contributed by atoms with Gasteiger partial charge in [0.2, 0.25) is 11.9 Å². The second-order valence-corrected chi connectivity index (χ2v) is 11.3. The lowest BCUT2D eigenvalue weighted by Crippen LogP contribution is -2.41. The summed E-state index contributed by atoms with van der Waals surface area (Å²) in [6, 6.07) is 5.00. The van der Waals surface area contributed by atoms with Gasteiger partial charge in [-0.2, -0.15) is 4.98 Å². The van der Waals surface area contributed by atoms with Crippen LogP contribution in [0.3, 0.4) is 0 Å². The molecular formula is C30H41N9O9. The van der Waals surface area contributed by atoms with Crippen molar-refractivity contribution in [1.82, 2.24) is 35.9 Å². The van der Waals surface area contributed by atoms with Crippen molar-refractivity contribution < 1.29 is 38.5 Å². The van der Waals surface area contributed by atoms with Crippen LogP contribution in [0.1, 0.15) is 49.7 Å². The molecule has 0 aliphatic heterocycles. The van der Waals surface area contributed by atoms with E-state index in [0.717, 1.165) is 0 Å². The van der Waals surface area contributed by atoms with E-state index >= 15 is 0 Å². The Hall–Kier alpha value is -5.36. The average molecular weight is 672 g/mol. The molecule has 0 saturated carbocycles. The minimum Gasteiger partial charge on any atom is -0.480 e. The van der Waals surface area contributed by atoms with E-state index in [4.69, 9.17) is 19.9 Å². The van der Waals surface area contributed by atoms with Gasteiger partial charge in [-0.1, -0.05) is 0 Å². The number of aromatic nitrogens is 4. The molecule has 0 spiro atoms. The van der Waals surface area contributed by atoms with Crippen LogP contribution in [0.2, 0.25) is 0 Å². The second-order valence-electron chi connectivity index (χ2n) is 11.3. The molecule has 1 unspecified atom stereocenters. The fraction of sp³-hybridized carbons (Fsp3) is 0.467. The number of nitrogens with zero attached hydrogens (tertiary/aromatic N) is 3. The fourth-order valence-electron chi connectivity index (χ4n) is 3.98. The van der Waals surface area contributed by atoms with Crippen LogP contribution in [0, 0.1) is 0 Å². The number of carbonyl (C=O) groups excluding carboxylic acids is 3. The number of carbonyl (C=O) groups is 4. The zero-order valence-corrected chi connectivity index (χ0v) is 27.0. The molecule has 0 radical (unpaired) electrons. The van der Waals surface area contributed by atoms with Crippen LogP contribution in [0.4, 0.5) is 16.4 Å². The van der Waals surface area contributed by atoms with E-state index in [1.807, 2.05) is 0 Å². The number of carboxylic acids is 1. The van der Waals surface area contributed by atoms with Gasteiger partial charge in [0.25, 0.3) is 11.5 Å². The van der Waals surface area contributed by atoms with Crippen molar-refractivity contribution in [2.24, 2.45) is 0 Å². The summed E-state index contributed by atoms with van der Waals surface area (Å²) in [5.41, 5.74) is 5.94. The van der Waals surface area contributed by atoms with Gasteiger partial charge in [0.15, 0.2) is 11.2 Å². The van der Waals surface area contributed by atoms with Crippen LogP contribution in [-0.2, 0) is 30.3 Å². The lowest BCUT2D eigenvalue weighted by molar-refractivity contribution is -0.139. The van der Waals surface area contributed by atoms with Crippen LogP contribution in [0.15, 0.2) is 35.3 Å². The number of rotatable bonds is 18. The van der Waals surface area contributed by atoms with Crippen molar-refractivity contribution in [1.29, 1.82) is 0 Å². The van der Waals surface area contributed by atoms with Gasteiger partial charge in [0.1, 0.15) is 11.6 Å². The normalized spacial score (nSPS) is 11.8. The highest BCUT2D eigenvalue weighted by molar-refractivity contribution is 5.97. The Bertz CT molecular complexity index is 1610. The molecular weight excluding hydrogens is 630 g/mol. The molecule has 18 nitrogen and oxygen atoms in total. The summed E-state index contributed by atoms with van der Waals surface area (Å²) in [6.45, 7) is 7.11. The number of amides is 3. The highest BCUT2D eigenvalue weighted by Gasteiger charge is 2.22. The molecule has 18 heteroatoms. The number of nitrogens with two attached hydrogens (primary N) is 1. The molecule has 2 aromatic heterocycles. The van der Waals surface area contributed by atoms with Gasteiger partial charge in [-0.3, -0.25) is 19.4 Å². The number of carboxylic acid groups (broad SMARTS) is 1. The summed E-state index contributed by atoms with van der Waals surface area (Å²) in [5, 5.41) is 20.3. The number of anilines is 2. The van der Waals surface area contributed by atoms with Gasteiger partial charge in [0, 0.05) is 30.8 Å². The van der Waals surface area contributed by atoms with E-state index in [0.29, 0.717) is 18.0 Å². The Morgan fingerprint density at radius 2 is 1.65 bits per heavy atom. The van der Waals surface area contributed by atoms with Crippen molar-refractivity contribution in [2.45, 2.75) is 51.8 Å². The zero-order chi connectivity index (χ0) is 35.1. The molecule has 0 aliphatic rings. The lowest BCUT2D eigenvalue weighted by atomic mass is 10.1. The Morgan fingerprint density at radius 1 is 0.979 bits per heavy atom. The SMILES string of the molecule is CC(C)(C)OC(=O)NCCOCCOCCNC(=O)CCC(NC(=O)c1ccc(NCc2cnc3nc(N)[nH]c(=O)c3n2)cc1)C(=O)O. The standard InChI is InChI=1S/C30H41N9O9/c1-30(2,3)48-29(45)33-11-13-47-15-14-46-12-10-32-22(40)9-8-21(27(43)44)37-25(41)18-4-6-19(7-5-18)34-16-20-17-35-24-23(36-20)26(42)39-28(31)38-24/h4-7,17,21,34H,8-16H2,1-3H3,(H,32,40)(H,33,45)(H,37,41)(H,43,44)(H3,31,35,38,39,42). The molecule has 2 heterocycles. The number of ether oxygens (including phenoxy) is 3. The number of benzene rings is 1. The maximum Gasteiger partial charge on any atom is 0.407 e. The topological polar surface area (TPSA) is 262 Å². The van der Waals surface area contributed by atoms with Crippen molar-refractivity contribution in [3.63, 3.8) is 0 Å². The Balaban J connectivity index is 1.30. The van der Waals surface area contributed by atoms with Crippen LogP contribution in [0.5, 0.6) is 0 Å². The third kappa shape index (κ3) is 13.2. The summed E-state index contributed by atoms with van der Waals surface area (Å²) >= 11 is 0. The lowest BCUT2D eigenvalue weighted by Gasteiger charge is -2.19. The Kier molecular flexibility index (Phi) is 14.0. The number of aliphatic carboxylic acids is 1. The minimum absolute atomic E-state index is 0.0523. The number of hydrogen-bond donors (Lipinski definition) is 7. The summed E-state index contributed by atoms with van der Waals surface area (Å²) in [6.07, 6.45) is 0.698. The van der Waals surface area contributed by atoms with Crippen molar-refractivity contribution in [3.05, 3.63) is 52.1 Å². The molecule has 8 N–H and O–H groups in total. The maximum atomic E-state index is 12.7. The van der Waals surface area contributed by atoms with Crippen molar-refractivity contribution >= 4 is 46.7 Å². The summed E-state index contributed by atoms with van der Waals surface area (Å²) in [5.74, 6) is -2.33. The number of nitrogens with one attached hydrogen (secondary N) is 5. The number of fused-ring (bicyclic) bond motifs is 1. The summed E-state index contributed by atoms with van der Waals surface area (Å²) < 4.78 is 15.8. The van der Waals surface area contributed by atoms with Gasteiger partial charge in [0.05, 0.1) is 44.9 Å².